The van der Waals surface area contributed by atoms with E-state index in [2.05, 4.69) is 10.9 Å². The van der Waals surface area contributed by atoms with Crippen molar-refractivity contribution in [1.29, 1.82) is 0 Å². The van der Waals surface area contributed by atoms with Crippen LogP contribution < -0.4 is 10.9 Å². The van der Waals surface area contributed by atoms with Gasteiger partial charge < -0.3 is 4.57 Å². The van der Waals surface area contributed by atoms with Gasteiger partial charge in [0.05, 0.1) is 11.0 Å². The molecule has 1 aromatic carbocycles. The highest BCUT2D eigenvalue weighted by Crippen LogP contribution is 2.63. The smallest absolute Gasteiger partial charge is 0.271 e. The molecule has 1 fully saturated rings. The zero-order valence-electron chi connectivity index (χ0n) is 12.1. The number of alkyl halides is 2. The normalized spacial score (nSPS) is 22.4. The number of para-hydroxylation sites is 1. The molecule has 7 heteroatoms. The van der Waals surface area contributed by atoms with Crippen molar-refractivity contribution >= 4 is 45.9 Å². The van der Waals surface area contributed by atoms with Gasteiger partial charge in [0.2, 0.25) is 5.91 Å². The van der Waals surface area contributed by atoms with Gasteiger partial charge in [0.1, 0.15) is 4.33 Å². The van der Waals surface area contributed by atoms with Crippen LogP contribution in [0.15, 0.2) is 30.5 Å². The fourth-order valence-electron chi connectivity index (χ4n) is 2.49. The monoisotopic (exact) mass is 339 g/mol. The number of aryl methyl sites for hydroxylation is 1. The largest absolute Gasteiger partial charge is 0.350 e. The number of hydrogen-bond donors (Lipinski definition) is 2. The highest BCUT2D eigenvalue weighted by molar-refractivity contribution is 6.53. The second kappa shape index (κ2) is 4.89. The van der Waals surface area contributed by atoms with E-state index in [0.717, 1.165) is 10.9 Å². The summed E-state index contributed by atoms with van der Waals surface area (Å²) in [5.41, 5.74) is 5.37. The Morgan fingerprint density at radius 1 is 1.23 bits per heavy atom. The Balaban J connectivity index is 1.74. The highest BCUT2D eigenvalue weighted by Gasteiger charge is 2.68. The fourth-order valence-corrected chi connectivity index (χ4v) is 3.19. The Labute approximate surface area is 137 Å². The predicted octanol–water partition coefficient (Wildman–Crippen LogP) is 2.52. The molecule has 1 heterocycles. The van der Waals surface area contributed by atoms with Crippen LogP contribution in [0.5, 0.6) is 0 Å². The molecule has 3 rings (SSSR count). The molecule has 1 aromatic heterocycles. The zero-order valence-corrected chi connectivity index (χ0v) is 13.6. The van der Waals surface area contributed by atoms with Crippen molar-refractivity contribution in [2.24, 2.45) is 12.5 Å². The summed E-state index contributed by atoms with van der Waals surface area (Å²) >= 11 is 11.9. The molecule has 1 aliphatic carbocycles. The summed E-state index contributed by atoms with van der Waals surface area (Å²) in [5.74, 6) is -0.782. The third-order valence-electron chi connectivity index (χ3n) is 4.19. The number of benzene rings is 1. The van der Waals surface area contributed by atoms with E-state index in [4.69, 9.17) is 23.2 Å². The average Bonchev–Trinajstić information content (AvgIpc) is 2.84. The molecule has 5 nitrogen and oxygen atoms in total. The molecule has 2 aromatic rings. The Morgan fingerprint density at radius 2 is 1.86 bits per heavy atom. The standard InChI is InChI=1S/C15H15Cl2N3O2/c1-14(8-15(14,16)17)13(22)19-18-12(21)10-7-20(2)11-6-4-3-5-9(10)11/h3-7H,8H2,1-2H3,(H,18,21)(H,19,22)/t14-/m1/s1. The van der Waals surface area contributed by atoms with Crippen LogP contribution in [-0.2, 0) is 11.8 Å². The van der Waals surface area contributed by atoms with Gasteiger partial charge in [-0.3, -0.25) is 20.4 Å². The number of amides is 2. The molecular weight excluding hydrogens is 325 g/mol. The molecule has 0 unspecified atom stereocenters. The maximum Gasteiger partial charge on any atom is 0.271 e. The molecular formula is C15H15Cl2N3O2. The summed E-state index contributed by atoms with van der Waals surface area (Å²) in [6.45, 7) is 1.66. The molecule has 0 aliphatic heterocycles. The maximum atomic E-state index is 12.3. The minimum atomic E-state index is -1.07. The average molecular weight is 340 g/mol. The minimum absolute atomic E-state index is 0.360. The molecule has 2 amide bonds. The minimum Gasteiger partial charge on any atom is -0.350 e. The first-order valence-electron chi connectivity index (χ1n) is 6.79. The number of hydrogen-bond acceptors (Lipinski definition) is 2. The first kappa shape index (κ1) is 15.2. The van der Waals surface area contributed by atoms with Crippen molar-refractivity contribution in [2.45, 2.75) is 17.7 Å². The van der Waals surface area contributed by atoms with Gasteiger partial charge in [-0.25, -0.2) is 0 Å². The van der Waals surface area contributed by atoms with Crippen LogP contribution >= 0.6 is 23.2 Å². The van der Waals surface area contributed by atoms with Gasteiger partial charge in [-0.15, -0.1) is 23.2 Å². The number of fused-ring (bicyclic) bond motifs is 1. The van der Waals surface area contributed by atoms with E-state index in [1.165, 1.54) is 0 Å². The Bertz CT molecular complexity index is 784. The van der Waals surface area contributed by atoms with Crippen LogP contribution in [0.1, 0.15) is 23.7 Å². The number of nitrogens with zero attached hydrogens (tertiary/aromatic N) is 1. The van der Waals surface area contributed by atoms with Crippen molar-refractivity contribution in [3.63, 3.8) is 0 Å². The number of rotatable bonds is 2. The third-order valence-corrected chi connectivity index (χ3v) is 5.29. The molecule has 0 bridgehead atoms. The van der Waals surface area contributed by atoms with Crippen molar-refractivity contribution in [3.8, 4) is 0 Å². The zero-order chi connectivity index (χ0) is 16.1. The third kappa shape index (κ3) is 2.25. The van der Waals surface area contributed by atoms with Crippen LogP contribution in [0.25, 0.3) is 10.9 Å². The number of carbonyl (C=O) groups excluding carboxylic acids is 2. The van der Waals surface area contributed by atoms with E-state index < -0.39 is 15.7 Å². The lowest BCUT2D eigenvalue weighted by Crippen LogP contribution is -2.45. The van der Waals surface area contributed by atoms with Gasteiger partial charge in [-0.05, 0) is 19.4 Å². The summed E-state index contributed by atoms with van der Waals surface area (Å²) < 4.78 is 0.790. The Hall–Kier alpha value is -1.72. The molecule has 1 saturated carbocycles. The van der Waals surface area contributed by atoms with Crippen molar-refractivity contribution in [1.82, 2.24) is 15.4 Å². The molecule has 1 atom stereocenters. The molecule has 0 radical (unpaired) electrons. The van der Waals surface area contributed by atoms with E-state index in [1.54, 1.807) is 13.1 Å². The number of aromatic nitrogens is 1. The van der Waals surface area contributed by atoms with Crippen LogP contribution in [0.2, 0.25) is 0 Å². The second-order valence-electron chi connectivity index (χ2n) is 5.79. The van der Waals surface area contributed by atoms with Gasteiger partial charge >= 0.3 is 0 Å². The van der Waals surface area contributed by atoms with Crippen LogP contribution in [0.4, 0.5) is 0 Å². The fraction of sp³-hybridized carbons (Fsp3) is 0.333. The quantitative estimate of drug-likeness (QED) is 0.652. The van der Waals surface area contributed by atoms with E-state index in [0.29, 0.717) is 12.0 Å². The van der Waals surface area contributed by atoms with Crippen molar-refractivity contribution in [3.05, 3.63) is 36.0 Å². The molecule has 2 N–H and O–H groups in total. The molecule has 0 spiro atoms. The van der Waals surface area contributed by atoms with Gasteiger partial charge in [-0.2, -0.15) is 0 Å². The first-order chi connectivity index (χ1) is 10.3. The SMILES string of the molecule is Cn1cc(C(=O)NNC(=O)[C@@]2(C)CC2(Cl)Cl)c2ccccc21. The molecule has 1 aliphatic rings. The predicted molar refractivity (Wildman–Crippen MR) is 85.7 cm³/mol. The van der Waals surface area contributed by atoms with Crippen molar-refractivity contribution in [2.75, 3.05) is 0 Å². The van der Waals surface area contributed by atoms with Gasteiger partial charge in [0, 0.05) is 24.1 Å². The number of carbonyl (C=O) groups is 2. The number of halogens is 2. The van der Waals surface area contributed by atoms with Crippen LogP contribution in [-0.4, -0.2) is 20.7 Å². The topological polar surface area (TPSA) is 63.1 Å². The Morgan fingerprint density at radius 3 is 2.50 bits per heavy atom. The summed E-state index contributed by atoms with van der Waals surface area (Å²) in [6.07, 6.45) is 2.08. The lowest BCUT2D eigenvalue weighted by molar-refractivity contribution is -0.126. The number of hydrazine groups is 1. The molecule has 116 valence electrons. The van der Waals surface area contributed by atoms with E-state index in [1.807, 2.05) is 35.9 Å². The summed E-state index contributed by atoms with van der Waals surface area (Å²) in [4.78, 5) is 24.3. The van der Waals surface area contributed by atoms with E-state index in [9.17, 15) is 9.59 Å². The summed E-state index contributed by atoms with van der Waals surface area (Å²) in [6, 6.07) is 7.54. The lowest BCUT2D eigenvalue weighted by atomic mass is 10.1. The van der Waals surface area contributed by atoms with Gasteiger partial charge in [-0.1, -0.05) is 18.2 Å². The molecule has 22 heavy (non-hydrogen) atoms. The van der Waals surface area contributed by atoms with Crippen LogP contribution in [0.3, 0.4) is 0 Å². The highest BCUT2D eigenvalue weighted by atomic mass is 35.5. The van der Waals surface area contributed by atoms with Crippen LogP contribution in [0, 0.1) is 5.41 Å². The number of nitrogens with one attached hydrogen (secondary N) is 2. The summed E-state index contributed by atoms with van der Waals surface area (Å²) in [5, 5.41) is 0.818. The molecule has 0 saturated heterocycles. The lowest BCUT2D eigenvalue weighted by Gasteiger charge is -2.13. The summed E-state index contributed by atoms with van der Waals surface area (Å²) in [7, 11) is 1.86. The maximum absolute atomic E-state index is 12.3. The van der Waals surface area contributed by atoms with E-state index >= 15 is 0 Å². The van der Waals surface area contributed by atoms with E-state index in [-0.39, 0.29) is 5.91 Å². The van der Waals surface area contributed by atoms with Crippen molar-refractivity contribution < 1.29 is 9.59 Å². The van der Waals surface area contributed by atoms with Gasteiger partial charge in [0.25, 0.3) is 5.91 Å². The Kier molecular flexibility index (Phi) is 3.38. The first-order valence-corrected chi connectivity index (χ1v) is 7.54. The second-order valence-corrected chi connectivity index (χ2v) is 7.28. The van der Waals surface area contributed by atoms with Gasteiger partial charge in [0.15, 0.2) is 0 Å².